The van der Waals surface area contributed by atoms with Crippen molar-refractivity contribution in [1.29, 1.82) is 0 Å². The first-order valence-electron chi connectivity index (χ1n) is 4.60. The molecule has 0 atom stereocenters. The Balaban J connectivity index is 2.28. The van der Waals surface area contributed by atoms with E-state index in [1.165, 1.54) is 12.1 Å². The Morgan fingerprint density at radius 1 is 1.06 bits per heavy atom. The maximum atomic E-state index is 13.2. The van der Waals surface area contributed by atoms with E-state index in [2.05, 4.69) is 10.3 Å². The fourth-order valence-electron chi connectivity index (χ4n) is 1.23. The van der Waals surface area contributed by atoms with E-state index in [0.717, 1.165) is 0 Å². The average molecular weight is 292 g/mol. The molecule has 0 saturated carbocycles. The summed E-state index contributed by atoms with van der Waals surface area (Å²) in [5.41, 5.74) is 1.07. The molecule has 0 spiro atoms. The molecule has 1 aromatic heterocycles. The molecular formula is C11H6Cl3FN2. The van der Waals surface area contributed by atoms with E-state index >= 15 is 0 Å². The number of anilines is 2. The Morgan fingerprint density at radius 3 is 2.47 bits per heavy atom. The van der Waals surface area contributed by atoms with E-state index < -0.39 is 5.82 Å². The van der Waals surface area contributed by atoms with Crippen LogP contribution in [0.15, 0.2) is 30.3 Å². The summed E-state index contributed by atoms with van der Waals surface area (Å²) in [5, 5.41) is 3.49. The molecule has 1 N–H and O–H groups in total. The summed E-state index contributed by atoms with van der Waals surface area (Å²) in [6, 6.07) is 7.60. The number of hydrogen-bond donors (Lipinski definition) is 1. The molecule has 0 aliphatic rings. The monoisotopic (exact) mass is 290 g/mol. The van der Waals surface area contributed by atoms with E-state index in [9.17, 15) is 4.39 Å². The fourth-order valence-corrected chi connectivity index (χ4v) is 1.74. The van der Waals surface area contributed by atoms with Crippen molar-refractivity contribution in [3.63, 3.8) is 0 Å². The quantitative estimate of drug-likeness (QED) is 0.794. The number of rotatable bonds is 2. The second kappa shape index (κ2) is 5.08. The van der Waals surface area contributed by atoms with Gasteiger partial charge in [-0.05, 0) is 30.3 Å². The number of nitrogens with zero attached hydrogens (tertiary/aromatic N) is 1. The van der Waals surface area contributed by atoms with Crippen molar-refractivity contribution < 1.29 is 4.39 Å². The molecule has 2 rings (SSSR count). The van der Waals surface area contributed by atoms with Crippen molar-refractivity contribution in [1.82, 2.24) is 4.98 Å². The van der Waals surface area contributed by atoms with Crippen molar-refractivity contribution >= 4 is 46.2 Å². The minimum atomic E-state index is -0.505. The van der Waals surface area contributed by atoms with Gasteiger partial charge in [-0.1, -0.05) is 34.8 Å². The Bertz CT molecular complexity index is 560. The number of halogens is 4. The lowest BCUT2D eigenvalue weighted by Gasteiger charge is -2.08. The molecule has 0 bridgehead atoms. The van der Waals surface area contributed by atoms with Crippen molar-refractivity contribution in [2.45, 2.75) is 0 Å². The summed E-state index contributed by atoms with van der Waals surface area (Å²) in [7, 11) is 0. The van der Waals surface area contributed by atoms with E-state index in [4.69, 9.17) is 34.8 Å². The highest BCUT2D eigenvalue weighted by atomic mass is 35.5. The number of nitrogens with one attached hydrogen (secondary N) is 1. The van der Waals surface area contributed by atoms with Crippen LogP contribution in [-0.2, 0) is 0 Å². The summed E-state index contributed by atoms with van der Waals surface area (Å²) in [6.45, 7) is 0. The average Bonchev–Trinajstić information content (AvgIpc) is 2.27. The summed E-state index contributed by atoms with van der Waals surface area (Å²) in [5.74, 6) is -0.505. The van der Waals surface area contributed by atoms with Gasteiger partial charge < -0.3 is 5.32 Å². The molecular weight excluding hydrogens is 285 g/mol. The Hall–Kier alpha value is -1.03. The predicted octanol–water partition coefficient (Wildman–Crippen LogP) is 4.92. The molecule has 0 amide bonds. The van der Waals surface area contributed by atoms with Crippen LogP contribution in [0.25, 0.3) is 0 Å². The highest BCUT2D eigenvalue weighted by Crippen LogP contribution is 2.27. The molecule has 6 heteroatoms. The zero-order valence-electron chi connectivity index (χ0n) is 8.35. The molecule has 0 aliphatic carbocycles. The fraction of sp³-hybridized carbons (Fsp3) is 0. The Labute approximate surface area is 112 Å². The lowest BCUT2D eigenvalue weighted by atomic mass is 10.3. The normalized spacial score (nSPS) is 10.4. The topological polar surface area (TPSA) is 24.9 Å². The van der Waals surface area contributed by atoms with E-state index in [0.29, 0.717) is 16.5 Å². The third kappa shape index (κ3) is 3.00. The zero-order valence-corrected chi connectivity index (χ0v) is 10.6. The number of benzene rings is 1. The first kappa shape index (κ1) is 12.4. The molecule has 0 aliphatic heterocycles. The van der Waals surface area contributed by atoms with Crippen LogP contribution in [0.1, 0.15) is 0 Å². The van der Waals surface area contributed by atoms with Gasteiger partial charge in [0, 0.05) is 5.69 Å². The van der Waals surface area contributed by atoms with Crippen LogP contribution in [0.4, 0.5) is 15.8 Å². The smallest absolute Gasteiger partial charge is 0.154 e. The molecule has 0 unspecified atom stereocenters. The maximum Gasteiger partial charge on any atom is 0.154 e. The first-order valence-corrected chi connectivity index (χ1v) is 5.74. The van der Waals surface area contributed by atoms with E-state index in [-0.39, 0.29) is 10.2 Å². The van der Waals surface area contributed by atoms with Crippen molar-refractivity contribution in [3.8, 4) is 0 Å². The molecule has 1 aromatic carbocycles. The van der Waals surface area contributed by atoms with Gasteiger partial charge in [0.2, 0.25) is 0 Å². The van der Waals surface area contributed by atoms with Crippen LogP contribution in [-0.4, -0.2) is 4.98 Å². The maximum absolute atomic E-state index is 13.2. The van der Waals surface area contributed by atoms with Crippen molar-refractivity contribution in [2.75, 3.05) is 5.32 Å². The van der Waals surface area contributed by atoms with Gasteiger partial charge >= 0.3 is 0 Å². The van der Waals surface area contributed by atoms with Crippen molar-refractivity contribution in [3.05, 3.63) is 51.5 Å². The first-order chi connectivity index (χ1) is 8.06. The molecule has 2 aromatic rings. The van der Waals surface area contributed by atoms with Gasteiger partial charge in [0.25, 0.3) is 0 Å². The Kier molecular flexibility index (Phi) is 3.72. The van der Waals surface area contributed by atoms with Gasteiger partial charge in [0.05, 0.1) is 10.7 Å². The molecule has 1 heterocycles. The van der Waals surface area contributed by atoms with Crippen LogP contribution in [0, 0.1) is 5.82 Å². The third-order valence-corrected chi connectivity index (χ3v) is 2.82. The Morgan fingerprint density at radius 2 is 1.82 bits per heavy atom. The highest BCUT2D eigenvalue weighted by molar-refractivity contribution is 6.34. The SMILES string of the molecule is Fc1cc(Nc2ccc(Cl)nc2Cl)ccc1Cl. The largest absolute Gasteiger partial charge is 0.353 e. The molecule has 88 valence electrons. The van der Waals surface area contributed by atoms with Crippen LogP contribution in [0.5, 0.6) is 0 Å². The van der Waals surface area contributed by atoms with Crippen LogP contribution >= 0.6 is 34.8 Å². The summed E-state index contributed by atoms with van der Waals surface area (Å²) in [4.78, 5) is 3.86. The van der Waals surface area contributed by atoms with Gasteiger partial charge in [0.1, 0.15) is 11.0 Å². The minimum absolute atomic E-state index is 0.0656. The summed E-state index contributed by atoms with van der Waals surface area (Å²) < 4.78 is 13.2. The lowest BCUT2D eigenvalue weighted by molar-refractivity contribution is 0.629. The molecule has 0 saturated heterocycles. The predicted molar refractivity (Wildman–Crippen MR) is 68.9 cm³/mol. The third-order valence-electron chi connectivity index (χ3n) is 2.01. The van der Waals surface area contributed by atoms with Gasteiger partial charge in [-0.25, -0.2) is 9.37 Å². The molecule has 0 radical (unpaired) electrons. The zero-order chi connectivity index (χ0) is 12.4. The molecule has 0 fully saturated rings. The number of aromatic nitrogens is 1. The van der Waals surface area contributed by atoms with Gasteiger partial charge in [-0.2, -0.15) is 0 Å². The van der Waals surface area contributed by atoms with Crippen LogP contribution in [0.3, 0.4) is 0 Å². The number of hydrogen-bond acceptors (Lipinski definition) is 2. The lowest BCUT2D eigenvalue weighted by Crippen LogP contribution is -1.93. The van der Waals surface area contributed by atoms with E-state index in [1.807, 2.05) is 0 Å². The summed E-state index contributed by atoms with van der Waals surface area (Å²) >= 11 is 17.1. The molecule has 2 nitrogen and oxygen atoms in total. The van der Waals surface area contributed by atoms with E-state index in [1.54, 1.807) is 18.2 Å². The van der Waals surface area contributed by atoms with Gasteiger partial charge in [-0.3, -0.25) is 0 Å². The van der Waals surface area contributed by atoms with Crippen molar-refractivity contribution in [2.24, 2.45) is 0 Å². The second-order valence-electron chi connectivity index (χ2n) is 3.23. The molecule has 17 heavy (non-hydrogen) atoms. The minimum Gasteiger partial charge on any atom is -0.353 e. The highest BCUT2D eigenvalue weighted by Gasteiger charge is 2.05. The van der Waals surface area contributed by atoms with Crippen LogP contribution < -0.4 is 5.32 Å². The van der Waals surface area contributed by atoms with Gasteiger partial charge in [-0.15, -0.1) is 0 Å². The second-order valence-corrected chi connectivity index (χ2v) is 4.38. The van der Waals surface area contributed by atoms with Crippen LogP contribution in [0.2, 0.25) is 15.3 Å². The number of pyridine rings is 1. The summed E-state index contributed by atoms with van der Waals surface area (Å²) in [6.07, 6.45) is 0. The van der Waals surface area contributed by atoms with Gasteiger partial charge in [0.15, 0.2) is 5.15 Å². The standard InChI is InChI=1S/C11H6Cl3FN2/c12-7-2-1-6(5-8(7)15)16-9-3-4-10(13)17-11(9)14/h1-5,16H.